The summed E-state index contributed by atoms with van der Waals surface area (Å²) in [6.07, 6.45) is 0. The number of benzene rings is 3. The van der Waals surface area contributed by atoms with Crippen LogP contribution in [0.1, 0.15) is 0 Å². The lowest BCUT2D eigenvalue weighted by molar-refractivity contribution is -0.114. The molecule has 0 atom stereocenters. The largest absolute Gasteiger partial charge is 0.497 e. The van der Waals surface area contributed by atoms with Crippen LogP contribution in [-0.2, 0) is 4.79 Å². The molecule has 0 saturated heterocycles. The van der Waals surface area contributed by atoms with Crippen LogP contribution in [-0.4, -0.2) is 36.6 Å². The van der Waals surface area contributed by atoms with E-state index in [4.69, 9.17) is 21.1 Å². The predicted octanol–water partition coefficient (Wildman–Crippen LogP) is 5.53. The van der Waals surface area contributed by atoms with Crippen LogP contribution in [0, 0.1) is 0 Å². The molecule has 4 rings (SSSR count). The Balaban J connectivity index is 1.56. The molecule has 0 fully saturated rings. The molecule has 7 nitrogen and oxygen atoms in total. The van der Waals surface area contributed by atoms with Gasteiger partial charge in [-0.3, -0.25) is 10.1 Å². The SMILES string of the molecule is COc1ccc(NCC(=O)Nc2nc(-c3ccccc3)cc(-c3ccc(Cl)cc3)n2)c(OC)c1. The van der Waals surface area contributed by atoms with Gasteiger partial charge in [-0.15, -0.1) is 0 Å². The maximum atomic E-state index is 12.7. The number of nitrogens with zero attached hydrogens (tertiary/aromatic N) is 2. The summed E-state index contributed by atoms with van der Waals surface area (Å²) in [5.74, 6) is 1.14. The Morgan fingerprint density at radius 3 is 2.18 bits per heavy atom. The van der Waals surface area contributed by atoms with Crippen molar-refractivity contribution in [3.05, 3.63) is 83.9 Å². The van der Waals surface area contributed by atoms with E-state index in [1.54, 1.807) is 44.6 Å². The molecule has 0 radical (unpaired) electrons. The van der Waals surface area contributed by atoms with Crippen LogP contribution in [0.2, 0.25) is 5.02 Å². The highest BCUT2D eigenvalue weighted by atomic mass is 35.5. The second-order valence-electron chi connectivity index (χ2n) is 7.30. The molecule has 1 heterocycles. The molecule has 0 aliphatic rings. The van der Waals surface area contributed by atoms with Gasteiger partial charge in [0.15, 0.2) is 0 Å². The number of anilines is 2. The van der Waals surface area contributed by atoms with Crippen LogP contribution < -0.4 is 20.1 Å². The van der Waals surface area contributed by atoms with Crippen molar-refractivity contribution in [3.63, 3.8) is 0 Å². The number of aromatic nitrogens is 2. The van der Waals surface area contributed by atoms with Gasteiger partial charge in [0.25, 0.3) is 0 Å². The number of hydrogen-bond acceptors (Lipinski definition) is 6. The number of hydrogen-bond donors (Lipinski definition) is 2. The first kappa shape index (κ1) is 23.1. The first-order valence-electron chi connectivity index (χ1n) is 10.5. The van der Waals surface area contributed by atoms with E-state index < -0.39 is 0 Å². The summed E-state index contributed by atoms with van der Waals surface area (Å²) >= 11 is 6.04. The number of rotatable bonds is 8. The third-order valence-corrected chi connectivity index (χ3v) is 5.29. The second-order valence-corrected chi connectivity index (χ2v) is 7.74. The monoisotopic (exact) mass is 474 g/mol. The van der Waals surface area contributed by atoms with Gasteiger partial charge < -0.3 is 14.8 Å². The van der Waals surface area contributed by atoms with Crippen molar-refractivity contribution in [2.45, 2.75) is 0 Å². The van der Waals surface area contributed by atoms with Gasteiger partial charge in [0.05, 0.1) is 37.8 Å². The van der Waals surface area contributed by atoms with Crippen LogP contribution >= 0.6 is 11.6 Å². The van der Waals surface area contributed by atoms with E-state index in [0.717, 1.165) is 11.1 Å². The summed E-state index contributed by atoms with van der Waals surface area (Å²) in [5, 5.41) is 6.49. The summed E-state index contributed by atoms with van der Waals surface area (Å²) in [6, 6.07) is 24.3. The van der Waals surface area contributed by atoms with Crippen molar-refractivity contribution in [1.82, 2.24) is 9.97 Å². The smallest absolute Gasteiger partial charge is 0.246 e. The van der Waals surface area contributed by atoms with E-state index in [-0.39, 0.29) is 18.4 Å². The number of amides is 1. The van der Waals surface area contributed by atoms with Crippen molar-refractivity contribution < 1.29 is 14.3 Å². The minimum absolute atomic E-state index is 0.00209. The molecule has 0 aliphatic carbocycles. The predicted molar refractivity (Wildman–Crippen MR) is 135 cm³/mol. The van der Waals surface area contributed by atoms with Gasteiger partial charge in [0.1, 0.15) is 11.5 Å². The normalized spacial score (nSPS) is 10.4. The molecule has 0 unspecified atom stereocenters. The highest BCUT2D eigenvalue weighted by Crippen LogP contribution is 2.29. The molecule has 2 N–H and O–H groups in total. The van der Waals surface area contributed by atoms with Crippen molar-refractivity contribution >= 4 is 29.1 Å². The minimum atomic E-state index is -0.301. The number of carbonyl (C=O) groups excluding carboxylic acids is 1. The molecule has 3 aromatic carbocycles. The van der Waals surface area contributed by atoms with E-state index in [2.05, 4.69) is 20.6 Å². The van der Waals surface area contributed by atoms with Gasteiger partial charge in [-0.2, -0.15) is 0 Å². The highest BCUT2D eigenvalue weighted by molar-refractivity contribution is 6.30. The van der Waals surface area contributed by atoms with E-state index in [1.807, 2.05) is 48.5 Å². The van der Waals surface area contributed by atoms with E-state index in [9.17, 15) is 4.79 Å². The molecule has 1 aromatic heterocycles. The van der Waals surface area contributed by atoms with Crippen LogP contribution in [0.3, 0.4) is 0 Å². The average molecular weight is 475 g/mol. The van der Waals surface area contributed by atoms with Crippen LogP contribution in [0.5, 0.6) is 11.5 Å². The first-order chi connectivity index (χ1) is 16.6. The number of carbonyl (C=O) groups is 1. The topological polar surface area (TPSA) is 85.4 Å². The summed E-state index contributed by atoms with van der Waals surface area (Å²) in [7, 11) is 3.14. The van der Waals surface area contributed by atoms with Gasteiger partial charge in [0.2, 0.25) is 11.9 Å². The molecular formula is C26H23ClN4O3. The van der Waals surface area contributed by atoms with Crippen molar-refractivity contribution in [2.75, 3.05) is 31.4 Å². The minimum Gasteiger partial charge on any atom is -0.497 e. The van der Waals surface area contributed by atoms with E-state index >= 15 is 0 Å². The number of halogens is 1. The number of methoxy groups -OCH3 is 2. The van der Waals surface area contributed by atoms with Gasteiger partial charge >= 0.3 is 0 Å². The number of nitrogens with one attached hydrogen (secondary N) is 2. The molecule has 0 aliphatic heterocycles. The fourth-order valence-corrected chi connectivity index (χ4v) is 3.44. The van der Waals surface area contributed by atoms with Crippen molar-refractivity contribution in [3.8, 4) is 34.0 Å². The Kier molecular flexibility index (Phi) is 7.25. The lowest BCUT2D eigenvalue weighted by Crippen LogP contribution is -2.23. The Morgan fingerprint density at radius 2 is 1.53 bits per heavy atom. The van der Waals surface area contributed by atoms with Gasteiger partial charge in [-0.05, 0) is 30.3 Å². The zero-order chi connectivity index (χ0) is 23.9. The molecule has 172 valence electrons. The first-order valence-corrected chi connectivity index (χ1v) is 10.9. The molecule has 0 spiro atoms. The van der Waals surface area contributed by atoms with Gasteiger partial charge in [-0.25, -0.2) is 9.97 Å². The molecule has 1 amide bonds. The third kappa shape index (κ3) is 5.63. The molecule has 0 saturated carbocycles. The summed E-state index contributed by atoms with van der Waals surface area (Å²) < 4.78 is 10.6. The lowest BCUT2D eigenvalue weighted by atomic mass is 10.1. The highest BCUT2D eigenvalue weighted by Gasteiger charge is 2.12. The van der Waals surface area contributed by atoms with Crippen LogP contribution in [0.25, 0.3) is 22.5 Å². The third-order valence-electron chi connectivity index (χ3n) is 5.03. The fraction of sp³-hybridized carbons (Fsp3) is 0.115. The number of ether oxygens (including phenoxy) is 2. The summed E-state index contributed by atoms with van der Waals surface area (Å²) in [4.78, 5) is 21.8. The molecule has 0 bridgehead atoms. The molecule has 34 heavy (non-hydrogen) atoms. The summed E-state index contributed by atoms with van der Waals surface area (Å²) in [5.41, 5.74) is 3.81. The Bertz CT molecular complexity index is 1280. The Labute approximate surface area is 202 Å². The average Bonchev–Trinajstić information content (AvgIpc) is 2.88. The maximum absolute atomic E-state index is 12.7. The molecule has 8 heteroatoms. The maximum Gasteiger partial charge on any atom is 0.246 e. The van der Waals surface area contributed by atoms with Crippen LogP contribution in [0.4, 0.5) is 11.6 Å². The van der Waals surface area contributed by atoms with Crippen LogP contribution in [0.15, 0.2) is 78.9 Å². The summed E-state index contributed by atoms with van der Waals surface area (Å²) in [6.45, 7) is -0.00209. The van der Waals surface area contributed by atoms with E-state index in [1.165, 1.54) is 0 Å². The Hall–Kier alpha value is -4.10. The van der Waals surface area contributed by atoms with Gasteiger partial charge in [0, 0.05) is 22.2 Å². The standard InChI is InChI=1S/C26H23ClN4O3/c1-33-20-12-13-21(24(14-20)34-2)28-16-25(32)31-26-29-22(17-6-4-3-5-7-17)15-23(30-26)18-8-10-19(27)11-9-18/h3-15,28H,16H2,1-2H3,(H,29,30,31,32). The van der Waals surface area contributed by atoms with Crippen molar-refractivity contribution in [2.24, 2.45) is 0 Å². The quantitative estimate of drug-likeness (QED) is 0.349. The zero-order valence-electron chi connectivity index (χ0n) is 18.7. The van der Waals surface area contributed by atoms with E-state index in [0.29, 0.717) is 33.6 Å². The van der Waals surface area contributed by atoms with Gasteiger partial charge in [-0.1, -0.05) is 54.1 Å². The molecule has 4 aromatic rings. The lowest BCUT2D eigenvalue weighted by Gasteiger charge is -2.13. The van der Waals surface area contributed by atoms with Crippen molar-refractivity contribution in [1.29, 1.82) is 0 Å². The Morgan fingerprint density at radius 1 is 0.853 bits per heavy atom. The molecular weight excluding hydrogens is 452 g/mol. The zero-order valence-corrected chi connectivity index (χ0v) is 19.5. The second kappa shape index (κ2) is 10.7. The fourth-order valence-electron chi connectivity index (χ4n) is 3.32.